The normalized spacial score (nSPS) is 14.1. The lowest BCUT2D eigenvalue weighted by Gasteiger charge is -2.13. The summed E-state index contributed by atoms with van der Waals surface area (Å²) < 4.78 is 5.52. The number of nitrogens with zero attached hydrogens (tertiary/aromatic N) is 1. The number of amides is 4. The van der Waals surface area contributed by atoms with Gasteiger partial charge in [0.2, 0.25) is 5.91 Å². The van der Waals surface area contributed by atoms with Crippen molar-refractivity contribution in [2.75, 3.05) is 23.8 Å². The number of anilines is 2. The maximum absolute atomic E-state index is 12.7. The minimum atomic E-state index is -0.558. The molecular formula is C27H22ClN3O5S. The standard InChI is InChI=1S/C27H22ClN3O5S/c1-17-6-10-19(11-7-17)29-25(33)16-36-20-12-8-18(9-13-20)14-23-26(34)31(27(35)37-23)15-24(32)30-22-5-3-2-4-21(22)28/h2-14H,15-16H2,1H3,(H,29,33)(H,30,32)/b23-14+. The molecule has 1 aliphatic rings. The minimum Gasteiger partial charge on any atom is -0.484 e. The largest absolute Gasteiger partial charge is 0.484 e. The Morgan fingerprint density at radius 2 is 1.65 bits per heavy atom. The van der Waals surface area contributed by atoms with Gasteiger partial charge < -0.3 is 15.4 Å². The molecule has 188 valence electrons. The van der Waals surface area contributed by atoms with Crippen LogP contribution in [0.15, 0.2) is 77.7 Å². The topological polar surface area (TPSA) is 105 Å². The summed E-state index contributed by atoms with van der Waals surface area (Å²) >= 11 is 6.79. The molecule has 4 rings (SSSR count). The van der Waals surface area contributed by atoms with E-state index in [4.69, 9.17) is 16.3 Å². The third kappa shape index (κ3) is 6.99. The van der Waals surface area contributed by atoms with E-state index in [2.05, 4.69) is 10.6 Å². The molecular weight excluding hydrogens is 514 g/mol. The summed E-state index contributed by atoms with van der Waals surface area (Å²) in [7, 11) is 0. The van der Waals surface area contributed by atoms with Crippen LogP contribution in [0.25, 0.3) is 6.08 Å². The lowest BCUT2D eigenvalue weighted by molar-refractivity contribution is -0.127. The predicted molar refractivity (Wildman–Crippen MR) is 145 cm³/mol. The van der Waals surface area contributed by atoms with Gasteiger partial charge in [-0.05, 0) is 66.7 Å². The molecule has 1 saturated heterocycles. The van der Waals surface area contributed by atoms with Gasteiger partial charge in [0.15, 0.2) is 6.61 Å². The average molecular weight is 536 g/mol. The number of imide groups is 1. The van der Waals surface area contributed by atoms with Gasteiger partial charge in [-0.3, -0.25) is 24.1 Å². The van der Waals surface area contributed by atoms with E-state index >= 15 is 0 Å². The van der Waals surface area contributed by atoms with Crippen LogP contribution < -0.4 is 15.4 Å². The molecule has 0 radical (unpaired) electrons. The lowest BCUT2D eigenvalue weighted by Crippen LogP contribution is -2.36. The van der Waals surface area contributed by atoms with Gasteiger partial charge in [-0.1, -0.05) is 53.6 Å². The van der Waals surface area contributed by atoms with Crippen molar-refractivity contribution in [3.63, 3.8) is 0 Å². The predicted octanol–water partition coefficient (Wildman–Crippen LogP) is 5.34. The Labute approximate surface area is 222 Å². The molecule has 8 nitrogen and oxygen atoms in total. The monoisotopic (exact) mass is 535 g/mol. The number of aryl methyl sites for hydroxylation is 1. The molecule has 1 heterocycles. The molecule has 3 aromatic rings. The summed E-state index contributed by atoms with van der Waals surface area (Å²) in [5.41, 5.74) is 2.83. The van der Waals surface area contributed by atoms with Gasteiger partial charge in [0.05, 0.1) is 15.6 Å². The fraction of sp³-hybridized carbons (Fsp3) is 0.111. The first-order valence-electron chi connectivity index (χ1n) is 11.2. The molecule has 2 N–H and O–H groups in total. The highest BCUT2D eigenvalue weighted by Gasteiger charge is 2.36. The second kappa shape index (κ2) is 11.8. The van der Waals surface area contributed by atoms with E-state index in [0.717, 1.165) is 22.2 Å². The zero-order valence-corrected chi connectivity index (χ0v) is 21.3. The van der Waals surface area contributed by atoms with Crippen molar-refractivity contribution in [1.29, 1.82) is 0 Å². The van der Waals surface area contributed by atoms with E-state index in [1.54, 1.807) is 54.6 Å². The summed E-state index contributed by atoms with van der Waals surface area (Å²) in [6.45, 7) is 1.37. The fourth-order valence-electron chi connectivity index (χ4n) is 3.33. The molecule has 3 aromatic carbocycles. The smallest absolute Gasteiger partial charge is 0.294 e. The van der Waals surface area contributed by atoms with Crippen molar-refractivity contribution in [3.8, 4) is 5.75 Å². The molecule has 1 fully saturated rings. The fourth-order valence-corrected chi connectivity index (χ4v) is 4.35. The van der Waals surface area contributed by atoms with Gasteiger partial charge in [0, 0.05) is 5.69 Å². The first-order valence-corrected chi connectivity index (χ1v) is 12.4. The quantitative estimate of drug-likeness (QED) is 0.377. The molecule has 0 aromatic heterocycles. The van der Waals surface area contributed by atoms with Gasteiger partial charge in [0.1, 0.15) is 12.3 Å². The third-order valence-corrected chi connectivity index (χ3v) is 6.44. The summed E-state index contributed by atoms with van der Waals surface area (Å²) in [5, 5.41) is 5.17. The number of hydrogen-bond donors (Lipinski definition) is 2. The number of halogens is 1. The SMILES string of the molecule is Cc1ccc(NC(=O)COc2ccc(/C=C3/SC(=O)N(CC(=O)Nc4ccccc4Cl)C3=O)cc2)cc1. The number of benzene rings is 3. The third-order valence-electron chi connectivity index (χ3n) is 5.21. The Balaban J connectivity index is 1.31. The number of ether oxygens (including phenoxy) is 1. The maximum Gasteiger partial charge on any atom is 0.294 e. The van der Waals surface area contributed by atoms with Crippen molar-refractivity contribution in [2.45, 2.75) is 6.92 Å². The Bertz CT molecular complexity index is 1370. The van der Waals surface area contributed by atoms with Crippen molar-refractivity contribution < 1.29 is 23.9 Å². The highest BCUT2D eigenvalue weighted by molar-refractivity contribution is 8.18. The summed E-state index contributed by atoms with van der Waals surface area (Å²) in [6.07, 6.45) is 1.56. The van der Waals surface area contributed by atoms with Crippen molar-refractivity contribution >= 4 is 63.8 Å². The number of rotatable bonds is 8. The van der Waals surface area contributed by atoms with Crippen LogP contribution in [0.3, 0.4) is 0 Å². The Kier molecular flexibility index (Phi) is 8.27. The Morgan fingerprint density at radius 3 is 2.35 bits per heavy atom. The molecule has 4 amide bonds. The molecule has 0 unspecified atom stereocenters. The molecule has 37 heavy (non-hydrogen) atoms. The van der Waals surface area contributed by atoms with E-state index in [0.29, 0.717) is 27.7 Å². The zero-order valence-electron chi connectivity index (χ0n) is 19.7. The Morgan fingerprint density at radius 1 is 0.946 bits per heavy atom. The van der Waals surface area contributed by atoms with Gasteiger partial charge in [0.25, 0.3) is 17.1 Å². The number of para-hydroxylation sites is 1. The van der Waals surface area contributed by atoms with E-state index in [1.165, 1.54) is 0 Å². The highest BCUT2D eigenvalue weighted by atomic mass is 35.5. The number of nitrogens with one attached hydrogen (secondary N) is 2. The van der Waals surface area contributed by atoms with E-state index in [-0.39, 0.29) is 17.4 Å². The number of thioether (sulfide) groups is 1. The van der Waals surface area contributed by atoms with E-state index in [9.17, 15) is 19.2 Å². The zero-order chi connectivity index (χ0) is 26.4. The molecule has 1 aliphatic heterocycles. The first kappa shape index (κ1) is 26.0. The van der Waals surface area contributed by atoms with Crippen molar-refractivity contribution in [3.05, 3.63) is 93.9 Å². The van der Waals surface area contributed by atoms with Gasteiger partial charge in [-0.25, -0.2) is 0 Å². The minimum absolute atomic E-state index is 0.164. The number of carbonyl (C=O) groups excluding carboxylic acids is 4. The maximum atomic E-state index is 12.7. The van der Waals surface area contributed by atoms with Gasteiger partial charge >= 0.3 is 0 Å². The molecule has 0 aliphatic carbocycles. The molecule has 0 saturated carbocycles. The molecule has 0 atom stereocenters. The highest BCUT2D eigenvalue weighted by Crippen LogP contribution is 2.32. The molecule has 10 heteroatoms. The van der Waals surface area contributed by atoms with Crippen molar-refractivity contribution in [1.82, 2.24) is 4.90 Å². The van der Waals surface area contributed by atoms with Gasteiger partial charge in [-0.2, -0.15) is 0 Å². The van der Waals surface area contributed by atoms with Crippen LogP contribution in [-0.2, 0) is 14.4 Å². The van der Waals surface area contributed by atoms with Crippen LogP contribution in [0.2, 0.25) is 5.02 Å². The van der Waals surface area contributed by atoms with Crippen LogP contribution in [0.5, 0.6) is 5.75 Å². The van der Waals surface area contributed by atoms with Crippen LogP contribution in [0.4, 0.5) is 16.2 Å². The van der Waals surface area contributed by atoms with Crippen molar-refractivity contribution in [2.24, 2.45) is 0 Å². The van der Waals surface area contributed by atoms with Crippen LogP contribution in [-0.4, -0.2) is 41.0 Å². The summed E-state index contributed by atoms with van der Waals surface area (Å²) in [4.78, 5) is 50.6. The summed E-state index contributed by atoms with van der Waals surface area (Å²) in [5.74, 6) is -0.914. The van der Waals surface area contributed by atoms with Gasteiger partial charge in [-0.15, -0.1) is 0 Å². The second-order valence-corrected chi connectivity index (χ2v) is 9.47. The first-order chi connectivity index (χ1) is 17.8. The summed E-state index contributed by atoms with van der Waals surface area (Å²) in [6, 6.07) is 20.8. The molecule has 0 spiro atoms. The number of hydrogen-bond acceptors (Lipinski definition) is 6. The van der Waals surface area contributed by atoms with E-state index < -0.39 is 23.6 Å². The Hall–Kier alpha value is -4.08. The lowest BCUT2D eigenvalue weighted by atomic mass is 10.2. The van der Waals surface area contributed by atoms with E-state index in [1.807, 2.05) is 31.2 Å². The molecule has 0 bridgehead atoms. The van der Waals surface area contributed by atoms with Crippen LogP contribution in [0.1, 0.15) is 11.1 Å². The van der Waals surface area contributed by atoms with Crippen LogP contribution in [0, 0.1) is 6.92 Å². The number of carbonyl (C=O) groups is 4. The van der Waals surface area contributed by atoms with Crippen LogP contribution >= 0.6 is 23.4 Å². The average Bonchev–Trinajstić information content (AvgIpc) is 3.13. The second-order valence-electron chi connectivity index (χ2n) is 8.07.